The molecule has 1 fully saturated rings. The van der Waals surface area contributed by atoms with Gasteiger partial charge in [0.05, 0.1) is 0 Å². The molecule has 0 bridgehead atoms. The van der Waals surface area contributed by atoms with Gasteiger partial charge in [-0.1, -0.05) is 73.1 Å². The molecular weight excluding hydrogens is 451 g/mol. The van der Waals surface area contributed by atoms with Gasteiger partial charge < -0.3 is 9.64 Å². The van der Waals surface area contributed by atoms with Crippen LogP contribution in [0.4, 0.5) is 9.18 Å². The third kappa shape index (κ3) is 4.67. The second kappa shape index (κ2) is 8.76. The maximum atomic E-state index is 14.5. The van der Waals surface area contributed by atoms with E-state index in [1.54, 1.807) is 24.1 Å². The fourth-order valence-corrected chi connectivity index (χ4v) is 4.27. The lowest BCUT2D eigenvalue weighted by Gasteiger charge is -2.38. The van der Waals surface area contributed by atoms with Crippen molar-refractivity contribution in [2.45, 2.75) is 46.0 Å². The van der Waals surface area contributed by atoms with E-state index in [9.17, 15) is 14.0 Å². The molecule has 1 aliphatic rings. The monoisotopic (exact) mass is 476 g/mol. The Hall–Kier alpha value is -2.41. The van der Waals surface area contributed by atoms with Gasteiger partial charge >= 0.3 is 6.09 Å². The molecule has 160 valence electrons. The molecule has 1 aliphatic heterocycles. The van der Waals surface area contributed by atoms with Gasteiger partial charge in [0.1, 0.15) is 24.6 Å². The Kier molecular flexibility index (Phi) is 6.50. The lowest BCUT2D eigenvalue weighted by atomic mass is 9.91. The molecule has 1 heterocycles. The molecular formula is C23H26BrFN2O3. The molecule has 0 radical (unpaired) electrons. The Balaban J connectivity index is 1.89. The number of nitrogens with zero attached hydrogens (tertiary/aromatic N) is 2. The van der Waals surface area contributed by atoms with E-state index in [0.717, 1.165) is 5.56 Å². The number of halogens is 2. The lowest BCUT2D eigenvalue weighted by Crippen LogP contribution is -2.51. The van der Waals surface area contributed by atoms with Crippen LogP contribution in [0, 0.1) is 11.2 Å². The van der Waals surface area contributed by atoms with Crippen LogP contribution < -0.4 is 0 Å². The van der Waals surface area contributed by atoms with Gasteiger partial charge in [-0.25, -0.2) is 9.18 Å². The van der Waals surface area contributed by atoms with Crippen molar-refractivity contribution in [2.24, 2.45) is 5.41 Å². The molecule has 3 rings (SSSR count). The Morgan fingerprint density at radius 2 is 1.83 bits per heavy atom. The van der Waals surface area contributed by atoms with E-state index in [0.29, 0.717) is 10.0 Å². The van der Waals surface area contributed by atoms with Gasteiger partial charge in [-0.2, -0.15) is 0 Å². The zero-order valence-electron chi connectivity index (χ0n) is 17.6. The normalized spacial score (nSPS) is 19.3. The van der Waals surface area contributed by atoms with Gasteiger partial charge in [-0.15, -0.1) is 0 Å². The first kappa shape index (κ1) is 22.3. The molecule has 2 atom stereocenters. The van der Waals surface area contributed by atoms with Gasteiger partial charge in [0, 0.05) is 23.4 Å². The fraction of sp³-hybridized carbons (Fsp3) is 0.391. The number of ether oxygens (including phenoxy) is 1. The molecule has 0 spiro atoms. The van der Waals surface area contributed by atoms with E-state index < -0.39 is 29.5 Å². The zero-order valence-corrected chi connectivity index (χ0v) is 19.1. The SMILES string of the molecule is CN1C(=O)[C@H](Cc2ccc(Br)cc2F)N(C(=O)OCc2ccccc2)C1C(C)(C)C. The number of carbonyl (C=O) groups excluding carboxylic acids is 2. The highest BCUT2D eigenvalue weighted by Crippen LogP contribution is 2.36. The van der Waals surface area contributed by atoms with Crippen molar-refractivity contribution >= 4 is 27.9 Å². The Morgan fingerprint density at radius 3 is 2.43 bits per heavy atom. The van der Waals surface area contributed by atoms with E-state index in [4.69, 9.17) is 4.74 Å². The summed E-state index contributed by atoms with van der Waals surface area (Å²) in [6.07, 6.45) is -1.01. The van der Waals surface area contributed by atoms with Gasteiger partial charge in [0.2, 0.25) is 5.91 Å². The lowest BCUT2D eigenvalue weighted by molar-refractivity contribution is -0.129. The van der Waals surface area contributed by atoms with E-state index in [2.05, 4.69) is 15.9 Å². The quantitative estimate of drug-likeness (QED) is 0.624. The number of likely N-dealkylation sites (N-methyl/N-ethyl adjacent to an activating group) is 1. The first-order chi connectivity index (χ1) is 14.1. The average Bonchev–Trinajstić information content (AvgIpc) is 2.94. The number of benzene rings is 2. The van der Waals surface area contributed by atoms with Crippen LogP contribution in [0.25, 0.3) is 0 Å². The molecule has 0 aromatic heterocycles. The molecule has 5 nitrogen and oxygen atoms in total. The van der Waals surface area contributed by atoms with Crippen LogP contribution in [0.5, 0.6) is 0 Å². The molecule has 2 aromatic rings. The van der Waals surface area contributed by atoms with Crippen LogP contribution in [0.2, 0.25) is 0 Å². The van der Waals surface area contributed by atoms with Crippen molar-refractivity contribution in [3.05, 3.63) is 69.9 Å². The van der Waals surface area contributed by atoms with Crippen LogP contribution >= 0.6 is 15.9 Å². The van der Waals surface area contributed by atoms with Crippen molar-refractivity contribution < 1.29 is 18.7 Å². The van der Waals surface area contributed by atoms with Gasteiger partial charge in [0.15, 0.2) is 0 Å². The Bertz CT molecular complexity index is 930. The molecule has 2 amide bonds. The molecule has 1 saturated heterocycles. The number of amides is 2. The predicted octanol–water partition coefficient (Wildman–Crippen LogP) is 4.98. The number of carbonyl (C=O) groups is 2. The summed E-state index contributed by atoms with van der Waals surface area (Å²) >= 11 is 3.24. The van der Waals surface area contributed by atoms with E-state index in [1.807, 2.05) is 51.1 Å². The second-order valence-electron chi connectivity index (χ2n) is 8.59. The van der Waals surface area contributed by atoms with Crippen LogP contribution in [0.1, 0.15) is 31.9 Å². The van der Waals surface area contributed by atoms with Crippen molar-refractivity contribution in [1.29, 1.82) is 0 Å². The fourth-order valence-electron chi connectivity index (χ4n) is 3.93. The van der Waals surface area contributed by atoms with Gasteiger partial charge in [0.25, 0.3) is 0 Å². The van der Waals surface area contributed by atoms with Crippen molar-refractivity contribution in [3.63, 3.8) is 0 Å². The highest BCUT2D eigenvalue weighted by atomic mass is 79.9. The smallest absolute Gasteiger partial charge is 0.412 e. The van der Waals surface area contributed by atoms with Crippen molar-refractivity contribution in [1.82, 2.24) is 9.80 Å². The summed E-state index contributed by atoms with van der Waals surface area (Å²) in [5.74, 6) is -0.648. The molecule has 2 aromatic carbocycles. The molecule has 0 saturated carbocycles. The zero-order chi connectivity index (χ0) is 22.1. The van der Waals surface area contributed by atoms with Crippen LogP contribution in [0.15, 0.2) is 53.0 Å². The predicted molar refractivity (Wildman–Crippen MR) is 116 cm³/mol. The van der Waals surface area contributed by atoms with Crippen molar-refractivity contribution in [3.8, 4) is 0 Å². The van der Waals surface area contributed by atoms with Crippen LogP contribution in [-0.4, -0.2) is 41.1 Å². The Morgan fingerprint density at radius 1 is 1.17 bits per heavy atom. The summed E-state index contributed by atoms with van der Waals surface area (Å²) in [5, 5.41) is 0. The standard InChI is InChI=1S/C23H26BrFN2O3/c1-23(2,3)21-26(4)20(28)19(12-16-10-11-17(24)13-18(16)25)27(21)22(29)30-14-15-8-6-5-7-9-15/h5-11,13,19,21H,12,14H2,1-4H3/t19-,21?/m0/s1. The highest BCUT2D eigenvalue weighted by Gasteiger charge is 2.52. The number of rotatable bonds is 4. The van der Waals surface area contributed by atoms with Crippen LogP contribution in [-0.2, 0) is 22.6 Å². The minimum atomic E-state index is -0.835. The largest absolute Gasteiger partial charge is 0.444 e. The Labute approximate surface area is 184 Å². The topological polar surface area (TPSA) is 49.9 Å². The maximum Gasteiger partial charge on any atom is 0.412 e. The molecule has 0 aliphatic carbocycles. The van der Waals surface area contributed by atoms with Crippen molar-refractivity contribution in [2.75, 3.05) is 7.05 Å². The van der Waals surface area contributed by atoms with Crippen LogP contribution in [0.3, 0.4) is 0 Å². The summed E-state index contributed by atoms with van der Waals surface area (Å²) in [7, 11) is 1.67. The summed E-state index contributed by atoms with van der Waals surface area (Å²) < 4.78 is 20.6. The third-order valence-corrected chi connectivity index (χ3v) is 5.71. The first-order valence-corrected chi connectivity index (χ1v) is 10.6. The first-order valence-electron chi connectivity index (χ1n) is 9.79. The van der Waals surface area contributed by atoms with Gasteiger partial charge in [-0.05, 0) is 23.3 Å². The maximum absolute atomic E-state index is 14.5. The van der Waals surface area contributed by atoms with E-state index in [-0.39, 0.29) is 18.9 Å². The average molecular weight is 477 g/mol. The minimum Gasteiger partial charge on any atom is -0.444 e. The van der Waals surface area contributed by atoms with E-state index in [1.165, 1.54) is 11.0 Å². The van der Waals surface area contributed by atoms with Gasteiger partial charge in [-0.3, -0.25) is 9.69 Å². The molecule has 1 unspecified atom stereocenters. The number of hydrogen-bond acceptors (Lipinski definition) is 3. The summed E-state index contributed by atoms with van der Waals surface area (Å²) in [5.41, 5.74) is 0.816. The minimum absolute atomic E-state index is 0.0787. The third-order valence-electron chi connectivity index (χ3n) is 5.22. The molecule has 30 heavy (non-hydrogen) atoms. The number of hydrogen-bond donors (Lipinski definition) is 0. The summed E-state index contributed by atoms with van der Waals surface area (Å²) in [6.45, 7) is 5.98. The highest BCUT2D eigenvalue weighted by molar-refractivity contribution is 9.10. The summed E-state index contributed by atoms with van der Waals surface area (Å²) in [4.78, 5) is 29.2. The second-order valence-corrected chi connectivity index (χ2v) is 9.51. The molecule has 7 heteroatoms. The molecule has 0 N–H and O–H groups in total. The summed E-state index contributed by atoms with van der Waals surface area (Å²) in [6, 6.07) is 13.2. The van der Waals surface area contributed by atoms with E-state index >= 15 is 0 Å².